The van der Waals surface area contributed by atoms with Crippen molar-refractivity contribution in [3.8, 4) is 11.1 Å². The molecule has 1 aromatic carbocycles. The van der Waals surface area contributed by atoms with E-state index in [-0.39, 0.29) is 42.3 Å². The van der Waals surface area contributed by atoms with Crippen molar-refractivity contribution < 1.29 is 38.2 Å². The number of nitrogens with zero attached hydrogens (tertiary/aromatic N) is 10. The molecule has 5 atom stereocenters. The Morgan fingerprint density at radius 2 is 1.73 bits per heavy atom. The van der Waals surface area contributed by atoms with Crippen molar-refractivity contribution in [1.82, 2.24) is 34.9 Å². The second kappa shape index (κ2) is 13.2. The van der Waals surface area contributed by atoms with E-state index in [1.54, 1.807) is 12.4 Å². The first-order chi connectivity index (χ1) is 23.3. The number of ether oxygens (including phenoxy) is 1. The van der Waals surface area contributed by atoms with E-state index in [0.717, 1.165) is 11.0 Å². The summed E-state index contributed by atoms with van der Waals surface area (Å²) < 4.78 is 36.5. The number of hydrogen-bond acceptors (Lipinski definition) is 14. The fourth-order valence-corrected chi connectivity index (χ4v) is 5.77. The van der Waals surface area contributed by atoms with Crippen molar-refractivity contribution in [2.45, 2.75) is 56.5 Å². The predicted molar refractivity (Wildman–Crippen MR) is 164 cm³/mol. The number of rotatable bonds is 10. The molecule has 2 N–H and O–H groups in total. The highest BCUT2D eigenvalue weighted by molar-refractivity contribution is 9.10. The molecule has 248 valence electrons. The molecule has 1 amide bonds. The maximum absolute atomic E-state index is 15.7. The first-order valence-electron chi connectivity index (χ1n) is 14.6. The molecule has 0 aliphatic carbocycles. The van der Waals surface area contributed by atoms with Gasteiger partial charge in [-0.2, -0.15) is 0 Å². The van der Waals surface area contributed by atoms with Crippen molar-refractivity contribution in [3.05, 3.63) is 76.8 Å². The lowest BCUT2D eigenvalue weighted by Gasteiger charge is -2.31. The highest BCUT2D eigenvalue weighted by atomic mass is 79.9. The van der Waals surface area contributed by atoms with Gasteiger partial charge in [0.2, 0.25) is 0 Å². The molecule has 6 heterocycles. The molecule has 0 saturated carbocycles. The van der Waals surface area contributed by atoms with Gasteiger partial charge >= 0.3 is 6.09 Å². The smallest absolute Gasteiger partial charge is 0.415 e. The lowest BCUT2D eigenvalue weighted by Crippen LogP contribution is -2.52. The minimum atomic E-state index is -1.40. The number of cyclic esters (lactones) is 1. The Kier molecular flexibility index (Phi) is 8.71. The normalized spacial score (nSPS) is 22.6. The van der Waals surface area contributed by atoms with Gasteiger partial charge < -0.3 is 24.6 Å². The van der Waals surface area contributed by atoms with Gasteiger partial charge in [0.1, 0.15) is 47.9 Å². The van der Waals surface area contributed by atoms with Crippen LogP contribution in [0.3, 0.4) is 0 Å². The van der Waals surface area contributed by atoms with Gasteiger partial charge in [0.05, 0.1) is 29.5 Å². The predicted octanol–water partition coefficient (Wildman–Crippen LogP) is 2.33. The molecule has 0 spiro atoms. The fourth-order valence-electron chi connectivity index (χ4n) is 5.57. The summed E-state index contributed by atoms with van der Waals surface area (Å²) >= 11 is 3.28. The highest BCUT2D eigenvalue weighted by Gasteiger charge is 2.51. The van der Waals surface area contributed by atoms with Crippen LogP contribution >= 0.6 is 15.9 Å². The maximum atomic E-state index is 15.7. The second-order valence-corrected chi connectivity index (χ2v) is 12.0. The molecule has 3 aromatic heterocycles. The SMILES string of the molecule is O=C1O[C@H](Cn2cc(CF)nn2)C(C(O)C2CC(c3ncc(Br)cn3)=NO2)N1c1ccc(-c2cnc(C3=NOC(CO)C3)nc2)c(F)c1. The third-order valence-corrected chi connectivity index (χ3v) is 8.32. The van der Waals surface area contributed by atoms with Gasteiger partial charge in [-0.3, -0.25) is 4.90 Å². The zero-order valence-corrected chi connectivity index (χ0v) is 26.3. The molecular weight excluding hydrogens is 702 g/mol. The molecule has 4 unspecified atom stereocenters. The number of benzene rings is 1. The molecule has 1 fully saturated rings. The van der Waals surface area contributed by atoms with Crippen LogP contribution in [0.1, 0.15) is 30.2 Å². The van der Waals surface area contributed by atoms with Crippen molar-refractivity contribution in [3.63, 3.8) is 0 Å². The Labute approximate surface area is 278 Å². The van der Waals surface area contributed by atoms with Crippen LogP contribution in [0.4, 0.5) is 19.3 Å². The summed E-state index contributed by atoms with van der Waals surface area (Å²) in [5.41, 5.74) is 1.52. The Bertz CT molecular complexity index is 1880. The molecule has 16 nitrogen and oxygen atoms in total. The number of aromatic nitrogens is 7. The van der Waals surface area contributed by atoms with Gasteiger partial charge in [-0.25, -0.2) is 38.2 Å². The summed E-state index contributed by atoms with van der Waals surface area (Å²) in [7, 11) is 0. The molecule has 3 aliphatic rings. The van der Waals surface area contributed by atoms with Crippen LogP contribution in [0.15, 0.2) is 64.0 Å². The van der Waals surface area contributed by atoms with Gasteiger partial charge in [0.15, 0.2) is 23.9 Å². The number of alkyl halides is 1. The van der Waals surface area contributed by atoms with Crippen molar-refractivity contribution in [2.75, 3.05) is 11.5 Å². The second-order valence-electron chi connectivity index (χ2n) is 11.1. The largest absolute Gasteiger partial charge is 0.442 e. The summed E-state index contributed by atoms with van der Waals surface area (Å²) in [6, 6.07) is 2.97. The number of aliphatic hydroxyl groups excluding tert-OH is 2. The number of aliphatic hydroxyl groups is 2. The number of hydrogen-bond donors (Lipinski definition) is 2. The molecule has 48 heavy (non-hydrogen) atoms. The zero-order chi connectivity index (χ0) is 33.4. The topological polar surface area (TPSA) is 195 Å². The molecule has 3 aliphatic heterocycles. The number of halogens is 3. The molecule has 4 aromatic rings. The molecule has 1 saturated heterocycles. The summed E-state index contributed by atoms with van der Waals surface area (Å²) in [4.78, 5) is 42.2. The minimum absolute atomic E-state index is 0.0773. The number of carbonyl (C=O) groups excluding carboxylic acids is 1. The van der Waals surface area contributed by atoms with Crippen molar-refractivity contribution >= 4 is 39.1 Å². The fraction of sp³-hybridized carbons (Fsp3) is 0.345. The Hall–Kier alpha value is -5.01. The minimum Gasteiger partial charge on any atom is -0.442 e. The van der Waals surface area contributed by atoms with E-state index in [1.807, 2.05) is 0 Å². The molecule has 0 radical (unpaired) electrons. The summed E-state index contributed by atoms with van der Waals surface area (Å²) in [6.45, 7) is -1.13. The van der Waals surface area contributed by atoms with Crippen LogP contribution in [-0.4, -0.2) is 99.7 Å². The molecule has 19 heteroatoms. The summed E-state index contributed by atoms with van der Waals surface area (Å²) in [5.74, 6) is -0.113. The Morgan fingerprint density at radius 1 is 1.02 bits per heavy atom. The van der Waals surface area contributed by atoms with Crippen LogP contribution in [-0.2, 0) is 27.6 Å². The van der Waals surface area contributed by atoms with Crippen LogP contribution in [0.5, 0.6) is 0 Å². The van der Waals surface area contributed by atoms with E-state index in [0.29, 0.717) is 33.7 Å². The highest BCUT2D eigenvalue weighted by Crippen LogP contribution is 2.35. The Balaban J connectivity index is 1.15. The van der Waals surface area contributed by atoms with E-state index in [4.69, 9.17) is 14.4 Å². The number of anilines is 1. The van der Waals surface area contributed by atoms with Crippen molar-refractivity contribution in [2.24, 2.45) is 10.3 Å². The van der Waals surface area contributed by atoms with Crippen LogP contribution in [0.2, 0.25) is 0 Å². The summed E-state index contributed by atoms with van der Waals surface area (Å²) in [6.07, 6.45) is 3.04. The van der Waals surface area contributed by atoms with Crippen LogP contribution in [0.25, 0.3) is 11.1 Å². The average Bonchev–Trinajstić information content (AvgIpc) is 3.92. The first-order valence-corrected chi connectivity index (χ1v) is 15.4. The van der Waals surface area contributed by atoms with Gasteiger partial charge in [0, 0.05) is 48.8 Å². The third kappa shape index (κ3) is 6.18. The van der Waals surface area contributed by atoms with Gasteiger partial charge in [-0.05, 0) is 34.1 Å². The van der Waals surface area contributed by atoms with E-state index in [9.17, 15) is 19.4 Å². The Morgan fingerprint density at radius 3 is 2.40 bits per heavy atom. The third-order valence-electron chi connectivity index (χ3n) is 7.91. The van der Waals surface area contributed by atoms with Gasteiger partial charge in [-0.1, -0.05) is 15.5 Å². The standard InChI is InChI=1S/C29H25BrF2N10O6/c30-15-9-35-28(36-10-15)22-5-23(48-39-22)26(44)25-24(12-41-11-16(6-31)37-40-41)46-29(45)42(25)17-1-2-19(20(32)3-17)14-7-33-27(34-8-14)21-4-18(13-43)47-38-21/h1-3,7-11,18,23-26,43-44H,4-6,12-13H2/t18?,23?,24-,25?,26?/m1/s1. The first kappa shape index (κ1) is 31.6. The lowest BCUT2D eigenvalue weighted by atomic mass is 9.95. The summed E-state index contributed by atoms with van der Waals surface area (Å²) in [5, 5.41) is 36.5. The van der Waals surface area contributed by atoms with E-state index in [2.05, 4.69) is 56.5 Å². The molecular formula is C29H25BrF2N10O6. The number of amides is 1. The number of oxime groups is 2. The van der Waals surface area contributed by atoms with Gasteiger partial charge in [-0.15, -0.1) is 5.10 Å². The number of carbonyl (C=O) groups is 1. The zero-order valence-electron chi connectivity index (χ0n) is 24.7. The molecule has 7 rings (SSSR count). The average molecular weight is 727 g/mol. The maximum Gasteiger partial charge on any atom is 0.415 e. The lowest BCUT2D eigenvalue weighted by molar-refractivity contribution is -0.0415. The van der Waals surface area contributed by atoms with Crippen LogP contribution < -0.4 is 4.90 Å². The van der Waals surface area contributed by atoms with Crippen LogP contribution in [0, 0.1) is 5.82 Å². The quantitative estimate of drug-likeness (QED) is 0.243. The van der Waals surface area contributed by atoms with Gasteiger partial charge in [0.25, 0.3) is 0 Å². The van der Waals surface area contributed by atoms with Crippen molar-refractivity contribution in [1.29, 1.82) is 0 Å². The van der Waals surface area contributed by atoms with E-state index >= 15 is 4.39 Å². The monoisotopic (exact) mass is 726 g/mol. The van der Waals surface area contributed by atoms with E-state index in [1.165, 1.54) is 35.4 Å². The molecule has 0 bridgehead atoms. The van der Waals surface area contributed by atoms with E-state index < -0.39 is 49.0 Å².